The van der Waals surface area contributed by atoms with Crippen LogP contribution in [0.25, 0.3) is 0 Å². The van der Waals surface area contributed by atoms with Crippen LogP contribution < -0.4 is 9.44 Å². The lowest BCUT2D eigenvalue weighted by atomic mass is 10.3. The topological polar surface area (TPSA) is 121 Å². The third kappa shape index (κ3) is 3.95. The zero-order valence-corrected chi connectivity index (χ0v) is 12.7. The molecule has 0 aliphatic heterocycles. The molecule has 0 saturated heterocycles. The molecule has 0 spiro atoms. The highest BCUT2D eigenvalue weighted by atomic mass is 32.2. The molecule has 10 heteroatoms. The van der Waals surface area contributed by atoms with E-state index in [-0.39, 0.29) is 10.8 Å². The van der Waals surface area contributed by atoms with Crippen molar-refractivity contribution in [3.05, 3.63) is 36.8 Å². The first-order valence-corrected chi connectivity index (χ1v) is 9.08. The normalized spacial score (nSPS) is 12.0. The molecule has 114 valence electrons. The minimum Gasteiger partial charge on any atom is -0.334 e. The summed E-state index contributed by atoms with van der Waals surface area (Å²) in [5, 5.41) is -0.0572. The van der Waals surface area contributed by atoms with Gasteiger partial charge in [0.2, 0.25) is 10.0 Å². The van der Waals surface area contributed by atoms with E-state index in [0.29, 0.717) is 11.4 Å². The molecule has 0 unspecified atom stereocenters. The summed E-state index contributed by atoms with van der Waals surface area (Å²) in [5.74, 6) is -0.0405. The van der Waals surface area contributed by atoms with Gasteiger partial charge in [-0.3, -0.25) is 9.44 Å². The van der Waals surface area contributed by atoms with Gasteiger partial charge in [0.1, 0.15) is 0 Å². The molecule has 0 atom stereocenters. The number of hydrogen-bond donors (Lipinski definition) is 3. The number of imidazole rings is 1. The molecule has 1 heterocycles. The lowest BCUT2D eigenvalue weighted by molar-refractivity contribution is 0.597. The quantitative estimate of drug-likeness (QED) is 0.729. The molecular weight excluding hydrogens is 316 g/mol. The lowest BCUT2D eigenvalue weighted by Crippen LogP contribution is -2.15. The second kappa shape index (κ2) is 5.74. The van der Waals surface area contributed by atoms with Crippen molar-refractivity contribution in [1.29, 1.82) is 0 Å². The van der Waals surface area contributed by atoms with Crippen molar-refractivity contribution in [3.8, 4) is 0 Å². The fourth-order valence-electron chi connectivity index (χ4n) is 1.46. The van der Waals surface area contributed by atoms with Crippen molar-refractivity contribution >= 4 is 31.4 Å². The second-order valence-corrected chi connectivity index (χ2v) is 7.77. The van der Waals surface area contributed by atoms with E-state index < -0.39 is 20.0 Å². The van der Waals surface area contributed by atoms with Gasteiger partial charge >= 0.3 is 0 Å². The molecule has 0 bridgehead atoms. The predicted octanol–water partition coefficient (Wildman–Crippen LogP) is 0.972. The van der Waals surface area contributed by atoms with Crippen LogP contribution in [0.3, 0.4) is 0 Å². The summed E-state index contributed by atoms with van der Waals surface area (Å²) in [5.41, 5.74) is 0.672. The molecule has 3 N–H and O–H groups in total. The Kier molecular flexibility index (Phi) is 4.19. The first-order valence-electron chi connectivity index (χ1n) is 5.94. The zero-order valence-electron chi connectivity index (χ0n) is 11.1. The van der Waals surface area contributed by atoms with E-state index in [9.17, 15) is 16.8 Å². The Bertz CT molecular complexity index is 796. The molecule has 8 nitrogen and oxygen atoms in total. The standard InChI is InChI=1S/C11H14N4O4S2/c1-2-20(16,17)14-9-3-5-10(6-4-9)15-21(18,19)11-7-12-8-13-11/h3-8,14-15H,2H2,1H3,(H,12,13). The van der Waals surface area contributed by atoms with E-state index in [0.717, 1.165) is 0 Å². The van der Waals surface area contributed by atoms with Crippen molar-refractivity contribution in [2.24, 2.45) is 0 Å². The third-order valence-electron chi connectivity index (χ3n) is 2.55. The Labute approximate surface area is 122 Å². The maximum absolute atomic E-state index is 11.9. The summed E-state index contributed by atoms with van der Waals surface area (Å²) in [7, 11) is -7.09. The Hall–Kier alpha value is -2.07. The summed E-state index contributed by atoms with van der Waals surface area (Å²) >= 11 is 0. The highest BCUT2D eigenvalue weighted by Gasteiger charge is 2.15. The van der Waals surface area contributed by atoms with Crippen LogP contribution in [-0.4, -0.2) is 32.6 Å². The molecule has 1 aromatic heterocycles. The zero-order chi connectivity index (χ0) is 15.5. The first-order chi connectivity index (χ1) is 9.82. The third-order valence-corrected chi connectivity index (χ3v) is 5.17. The van der Waals surface area contributed by atoms with Gasteiger partial charge in [-0.15, -0.1) is 0 Å². The van der Waals surface area contributed by atoms with Gasteiger partial charge in [-0.2, -0.15) is 8.42 Å². The van der Waals surface area contributed by atoms with Crippen molar-refractivity contribution in [1.82, 2.24) is 9.97 Å². The fraction of sp³-hybridized carbons (Fsp3) is 0.182. The minimum absolute atomic E-state index is 0.0405. The largest absolute Gasteiger partial charge is 0.334 e. The summed E-state index contributed by atoms with van der Waals surface area (Å²) < 4.78 is 51.4. The van der Waals surface area contributed by atoms with E-state index in [2.05, 4.69) is 19.4 Å². The monoisotopic (exact) mass is 330 g/mol. The van der Waals surface area contributed by atoms with Crippen molar-refractivity contribution in [2.45, 2.75) is 11.9 Å². The van der Waals surface area contributed by atoms with Gasteiger partial charge in [0.25, 0.3) is 10.0 Å². The van der Waals surface area contributed by atoms with Crippen LogP contribution in [0.5, 0.6) is 0 Å². The number of sulfonamides is 2. The molecular formula is C11H14N4O4S2. The number of anilines is 2. The smallest absolute Gasteiger partial charge is 0.278 e. The summed E-state index contributed by atoms with van der Waals surface area (Å²) in [6, 6.07) is 5.86. The van der Waals surface area contributed by atoms with E-state index in [1.54, 1.807) is 0 Å². The first kappa shape index (κ1) is 15.3. The van der Waals surface area contributed by atoms with Crippen LogP contribution in [0.15, 0.2) is 41.8 Å². The Morgan fingerprint density at radius 3 is 2.10 bits per heavy atom. The van der Waals surface area contributed by atoms with Gasteiger partial charge in [-0.25, -0.2) is 13.4 Å². The summed E-state index contributed by atoms with van der Waals surface area (Å²) in [6.07, 6.45) is 2.45. The average molecular weight is 330 g/mol. The van der Waals surface area contributed by atoms with Crippen LogP contribution in [0.2, 0.25) is 0 Å². The lowest BCUT2D eigenvalue weighted by Gasteiger charge is -2.08. The Balaban J connectivity index is 2.14. The second-order valence-electron chi connectivity index (χ2n) is 4.10. The number of nitrogens with zero attached hydrogens (tertiary/aromatic N) is 1. The molecule has 2 rings (SSSR count). The van der Waals surface area contributed by atoms with Crippen LogP contribution in [0.1, 0.15) is 6.92 Å². The number of nitrogens with one attached hydrogen (secondary N) is 3. The molecule has 0 radical (unpaired) electrons. The predicted molar refractivity (Wildman–Crippen MR) is 78.9 cm³/mol. The summed E-state index contributed by atoms with van der Waals surface area (Å²) in [4.78, 5) is 6.14. The van der Waals surface area contributed by atoms with Gasteiger partial charge in [0, 0.05) is 11.4 Å². The minimum atomic E-state index is -3.73. The van der Waals surface area contributed by atoms with Crippen molar-refractivity contribution in [3.63, 3.8) is 0 Å². The number of aromatic nitrogens is 2. The molecule has 1 aromatic carbocycles. The Morgan fingerprint density at radius 2 is 1.62 bits per heavy atom. The van der Waals surface area contributed by atoms with E-state index in [1.807, 2.05) is 0 Å². The van der Waals surface area contributed by atoms with Crippen molar-refractivity contribution in [2.75, 3.05) is 15.2 Å². The summed E-state index contributed by atoms with van der Waals surface area (Å²) in [6.45, 7) is 1.52. The molecule has 0 aliphatic carbocycles. The van der Waals surface area contributed by atoms with Gasteiger partial charge in [0.05, 0.1) is 18.3 Å². The van der Waals surface area contributed by atoms with Gasteiger partial charge in [-0.1, -0.05) is 0 Å². The van der Waals surface area contributed by atoms with E-state index >= 15 is 0 Å². The molecule has 0 fully saturated rings. The maximum atomic E-state index is 11.9. The fourth-order valence-corrected chi connectivity index (χ4v) is 3.06. The van der Waals surface area contributed by atoms with Gasteiger partial charge < -0.3 is 4.98 Å². The van der Waals surface area contributed by atoms with Crippen molar-refractivity contribution < 1.29 is 16.8 Å². The highest BCUT2D eigenvalue weighted by molar-refractivity contribution is 7.92. The number of benzene rings is 1. The Morgan fingerprint density at radius 1 is 1.05 bits per heavy atom. The number of H-pyrrole nitrogens is 1. The van der Waals surface area contributed by atoms with E-state index in [4.69, 9.17) is 0 Å². The SMILES string of the molecule is CCS(=O)(=O)Nc1ccc(NS(=O)(=O)c2cnc[nH]2)cc1. The number of rotatable bonds is 6. The molecule has 0 saturated carbocycles. The van der Waals surface area contributed by atoms with Gasteiger partial charge in [0.15, 0.2) is 5.03 Å². The molecule has 0 amide bonds. The van der Waals surface area contributed by atoms with Crippen LogP contribution in [0, 0.1) is 0 Å². The average Bonchev–Trinajstić information content (AvgIpc) is 2.95. The molecule has 21 heavy (non-hydrogen) atoms. The van der Waals surface area contributed by atoms with Crippen LogP contribution >= 0.6 is 0 Å². The van der Waals surface area contributed by atoms with E-state index in [1.165, 1.54) is 43.7 Å². The number of hydrogen-bond acceptors (Lipinski definition) is 5. The van der Waals surface area contributed by atoms with Gasteiger partial charge in [-0.05, 0) is 31.2 Å². The molecule has 0 aliphatic rings. The highest BCUT2D eigenvalue weighted by Crippen LogP contribution is 2.17. The van der Waals surface area contributed by atoms with Crippen LogP contribution in [0.4, 0.5) is 11.4 Å². The molecule has 2 aromatic rings. The maximum Gasteiger partial charge on any atom is 0.278 e. The van der Waals surface area contributed by atoms with Crippen LogP contribution in [-0.2, 0) is 20.0 Å². The number of aromatic amines is 1.